The first-order valence-electron chi connectivity index (χ1n) is 6.72. The van der Waals surface area contributed by atoms with Crippen molar-refractivity contribution in [3.05, 3.63) is 65.0 Å². The van der Waals surface area contributed by atoms with Gasteiger partial charge in [-0.05, 0) is 36.4 Å². The Morgan fingerprint density at radius 2 is 1.82 bits per heavy atom. The van der Waals surface area contributed by atoms with Gasteiger partial charge >= 0.3 is 0 Å². The molecule has 0 bridgehead atoms. The highest BCUT2D eigenvalue weighted by molar-refractivity contribution is 7.12. The van der Waals surface area contributed by atoms with Crippen molar-refractivity contribution in [2.24, 2.45) is 0 Å². The summed E-state index contributed by atoms with van der Waals surface area (Å²) in [5.41, 5.74) is 2.50. The summed E-state index contributed by atoms with van der Waals surface area (Å²) in [6, 6.07) is 16.9. The molecule has 5 heteroatoms. The van der Waals surface area contributed by atoms with Crippen molar-refractivity contribution >= 4 is 22.9 Å². The van der Waals surface area contributed by atoms with Crippen LogP contribution in [0.5, 0.6) is 5.75 Å². The van der Waals surface area contributed by atoms with E-state index in [1.807, 2.05) is 60.0 Å². The van der Waals surface area contributed by atoms with E-state index in [1.165, 1.54) is 11.3 Å². The fourth-order valence-corrected chi connectivity index (χ4v) is 2.70. The summed E-state index contributed by atoms with van der Waals surface area (Å²) in [5.74, 6) is 0.594. The molecule has 0 spiro atoms. The van der Waals surface area contributed by atoms with E-state index < -0.39 is 0 Å². The predicted molar refractivity (Wildman–Crippen MR) is 88.5 cm³/mol. The van der Waals surface area contributed by atoms with Crippen molar-refractivity contribution in [3.63, 3.8) is 0 Å². The highest BCUT2D eigenvalue weighted by Crippen LogP contribution is 2.24. The van der Waals surface area contributed by atoms with Crippen molar-refractivity contribution in [1.29, 1.82) is 0 Å². The minimum atomic E-state index is -0.198. The molecular formula is C17H14N2O2S. The van der Waals surface area contributed by atoms with Crippen molar-refractivity contribution < 1.29 is 9.53 Å². The molecule has 0 aliphatic heterocycles. The largest absolute Gasteiger partial charge is 0.497 e. The average Bonchev–Trinajstić information content (AvgIpc) is 3.06. The van der Waals surface area contributed by atoms with Crippen LogP contribution in [0.25, 0.3) is 11.3 Å². The van der Waals surface area contributed by atoms with Crippen LogP contribution in [0.3, 0.4) is 0 Å². The Hall–Kier alpha value is -2.66. The van der Waals surface area contributed by atoms with Gasteiger partial charge in [0.05, 0.1) is 12.8 Å². The van der Waals surface area contributed by atoms with E-state index in [1.54, 1.807) is 7.11 Å². The van der Waals surface area contributed by atoms with Gasteiger partial charge in [-0.3, -0.25) is 4.79 Å². The number of para-hydroxylation sites is 1. The molecule has 4 nitrogen and oxygen atoms in total. The molecule has 2 aromatic carbocycles. The highest BCUT2D eigenvalue weighted by atomic mass is 32.1. The summed E-state index contributed by atoms with van der Waals surface area (Å²) >= 11 is 1.33. The van der Waals surface area contributed by atoms with Crippen LogP contribution in [-0.4, -0.2) is 18.0 Å². The van der Waals surface area contributed by atoms with Crippen molar-refractivity contribution in [2.75, 3.05) is 12.4 Å². The van der Waals surface area contributed by atoms with Crippen LogP contribution >= 0.6 is 11.3 Å². The molecule has 0 atom stereocenters. The number of carbonyl (C=O) groups excluding carboxylic acids is 1. The maximum absolute atomic E-state index is 12.2. The van der Waals surface area contributed by atoms with E-state index in [0.717, 1.165) is 22.7 Å². The van der Waals surface area contributed by atoms with Crippen molar-refractivity contribution in [1.82, 2.24) is 4.98 Å². The zero-order valence-corrected chi connectivity index (χ0v) is 12.8. The van der Waals surface area contributed by atoms with E-state index in [9.17, 15) is 4.79 Å². The number of nitrogens with one attached hydrogen (secondary N) is 1. The van der Waals surface area contributed by atoms with Crippen LogP contribution in [0.15, 0.2) is 60.0 Å². The number of thiazole rings is 1. The number of ether oxygens (including phenoxy) is 1. The van der Waals surface area contributed by atoms with Gasteiger partial charge in [-0.15, -0.1) is 11.3 Å². The van der Waals surface area contributed by atoms with E-state index in [0.29, 0.717) is 5.01 Å². The first-order valence-corrected chi connectivity index (χ1v) is 7.60. The molecular weight excluding hydrogens is 296 g/mol. The second kappa shape index (κ2) is 6.41. The molecule has 22 heavy (non-hydrogen) atoms. The van der Waals surface area contributed by atoms with Gasteiger partial charge in [0.2, 0.25) is 0 Å². The van der Waals surface area contributed by atoms with Crippen molar-refractivity contribution in [2.45, 2.75) is 0 Å². The quantitative estimate of drug-likeness (QED) is 0.790. The smallest absolute Gasteiger partial charge is 0.284 e. The Kier molecular flexibility index (Phi) is 4.16. The van der Waals surface area contributed by atoms with Crippen LogP contribution in [0.2, 0.25) is 0 Å². The normalized spacial score (nSPS) is 10.2. The number of methoxy groups -OCH3 is 1. The molecule has 0 aliphatic rings. The zero-order chi connectivity index (χ0) is 15.4. The van der Waals surface area contributed by atoms with E-state index in [2.05, 4.69) is 10.3 Å². The summed E-state index contributed by atoms with van der Waals surface area (Å²) < 4.78 is 5.13. The molecule has 110 valence electrons. The second-order valence-electron chi connectivity index (χ2n) is 4.59. The van der Waals surface area contributed by atoms with Gasteiger partial charge < -0.3 is 10.1 Å². The van der Waals surface area contributed by atoms with Gasteiger partial charge in [-0.1, -0.05) is 18.2 Å². The molecule has 0 aliphatic carbocycles. The number of hydrogen-bond donors (Lipinski definition) is 1. The molecule has 3 rings (SSSR count). The highest BCUT2D eigenvalue weighted by Gasteiger charge is 2.12. The van der Waals surface area contributed by atoms with Gasteiger partial charge in [0.15, 0.2) is 5.01 Å². The fourth-order valence-electron chi connectivity index (χ4n) is 1.98. The zero-order valence-electron chi connectivity index (χ0n) is 11.9. The third-order valence-electron chi connectivity index (χ3n) is 3.12. The van der Waals surface area contributed by atoms with Crippen LogP contribution in [0.4, 0.5) is 5.69 Å². The number of nitrogens with zero attached hydrogens (tertiary/aromatic N) is 1. The van der Waals surface area contributed by atoms with Gasteiger partial charge in [-0.25, -0.2) is 4.98 Å². The lowest BCUT2D eigenvalue weighted by Crippen LogP contribution is -2.11. The summed E-state index contributed by atoms with van der Waals surface area (Å²) in [5, 5.41) is 5.15. The SMILES string of the molecule is COc1ccc(-c2csc(C(=O)Nc3ccccc3)n2)cc1. The molecule has 0 fully saturated rings. The summed E-state index contributed by atoms with van der Waals surface area (Å²) in [6.45, 7) is 0. The summed E-state index contributed by atoms with van der Waals surface area (Å²) in [6.07, 6.45) is 0. The van der Waals surface area contributed by atoms with Gasteiger partial charge in [-0.2, -0.15) is 0 Å². The first-order chi connectivity index (χ1) is 10.8. The van der Waals surface area contributed by atoms with Crippen LogP contribution in [0, 0.1) is 0 Å². The maximum atomic E-state index is 12.2. The first kappa shape index (κ1) is 14.3. The predicted octanol–water partition coefficient (Wildman–Crippen LogP) is 4.07. The molecule has 0 saturated heterocycles. The Morgan fingerprint density at radius 1 is 1.09 bits per heavy atom. The topological polar surface area (TPSA) is 51.2 Å². The van der Waals surface area contributed by atoms with E-state index in [4.69, 9.17) is 4.74 Å². The van der Waals surface area contributed by atoms with E-state index in [-0.39, 0.29) is 5.91 Å². The number of carbonyl (C=O) groups is 1. The molecule has 3 aromatic rings. The average molecular weight is 310 g/mol. The monoisotopic (exact) mass is 310 g/mol. The number of anilines is 1. The molecule has 1 aromatic heterocycles. The molecule has 1 N–H and O–H groups in total. The Morgan fingerprint density at radius 3 is 2.50 bits per heavy atom. The third kappa shape index (κ3) is 3.15. The van der Waals surface area contributed by atoms with Crippen LogP contribution < -0.4 is 10.1 Å². The number of amides is 1. The fraction of sp³-hybridized carbons (Fsp3) is 0.0588. The lowest BCUT2D eigenvalue weighted by atomic mass is 10.2. The van der Waals surface area contributed by atoms with Crippen LogP contribution in [0.1, 0.15) is 9.80 Å². The number of aromatic nitrogens is 1. The molecule has 1 amide bonds. The minimum absolute atomic E-state index is 0.198. The van der Waals surface area contributed by atoms with Gasteiger partial charge in [0.25, 0.3) is 5.91 Å². The standard InChI is InChI=1S/C17H14N2O2S/c1-21-14-9-7-12(8-10-14)15-11-22-17(19-15)16(20)18-13-5-3-2-4-6-13/h2-11H,1H3,(H,18,20). The second-order valence-corrected chi connectivity index (χ2v) is 5.44. The minimum Gasteiger partial charge on any atom is -0.497 e. The number of benzene rings is 2. The Bertz CT molecular complexity index is 767. The third-order valence-corrected chi connectivity index (χ3v) is 3.96. The molecule has 1 heterocycles. The Labute approximate surface area is 132 Å². The van der Waals surface area contributed by atoms with Gasteiger partial charge in [0.1, 0.15) is 5.75 Å². The molecule has 0 unspecified atom stereocenters. The number of rotatable bonds is 4. The maximum Gasteiger partial charge on any atom is 0.284 e. The Balaban J connectivity index is 1.76. The number of hydrogen-bond acceptors (Lipinski definition) is 4. The lowest BCUT2D eigenvalue weighted by Gasteiger charge is -2.02. The van der Waals surface area contributed by atoms with Gasteiger partial charge in [0, 0.05) is 16.6 Å². The summed E-state index contributed by atoms with van der Waals surface area (Å²) in [4.78, 5) is 16.6. The molecule has 0 saturated carbocycles. The van der Waals surface area contributed by atoms with Crippen LogP contribution in [-0.2, 0) is 0 Å². The van der Waals surface area contributed by atoms with Crippen molar-refractivity contribution in [3.8, 4) is 17.0 Å². The van der Waals surface area contributed by atoms with E-state index >= 15 is 0 Å². The molecule has 0 radical (unpaired) electrons. The lowest BCUT2D eigenvalue weighted by molar-refractivity contribution is 0.102. The summed E-state index contributed by atoms with van der Waals surface area (Å²) in [7, 11) is 1.63.